The molecule has 1 heterocycles. The number of hydrogen-bond acceptors (Lipinski definition) is 3. The van der Waals surface area contributed by atoms with Crippen LogP contribution in [0.2, 0.25) is 0 Å². The standard InChI is InChI=1S/C15H22O3/c1-3-5-9-13-14(15(16)17-4-2)11-8-6-7-10-12(11)18-13/h3-10H2,1-2H3. The van der Waals surface area contributed by atoms with Gasteiger partial charge in [-0.1, -0.05) is 13.3 Å². The molecular formula is C15H22O3. The third-order valence-corrected chi connectivity index (χ3v) is 3.48. The summed E-state index contributed by atoms with van der Waals surface area (Å²) in [5, 5.41) is 0. The Morgan fingerprint density at radius 2 is 2.06 bits per heavy atom. The van der Waals surface area contributed by atoms with Gasteiger partial charge in [-0.3, -0.25) is 0 Å². The van der Waals surface area contributed by atoms with Gasteiger partial charge in [-0.15, -0.1) is 0 Å². The summed E-state index contributed by atoms with van der Waals surface area (Å²) in [4.78, 5) is 12.1. The highest BCUT2D eigenvalue weighted by Crippen LogP contribution is 2.31. The van der Waals surface area contributed by atoms with E-state index < -0.39 is 0 Å². The molecule has 0 unspecified atom stereocenters. The summed E-state index contributed by atoms with van der Waals surface area (Å²) in [6.07, 6.45) is 7.24. The van der Waals surface area contributed by atoms with E-state index in [-0.39, 0.29) is 5.97 Å². The van der Waals surface area contributed by atoms with Crippen LogP contribution >= 0.6 is 0 Å². The van der Waals surface area contributed by atoms with Crippen molar-refractivity contribution in [2.45, 2.75) is 58.8 Å². The van der Waals surface area contributed by atoms with E-state index in [1.165, 1.54) is 0 Å². The Labute approximate surface area is 109 Å². The Hall–Kier alpha value is -1.25. The third-order valence-electron chi connectivity index (χ3n) is 3.48. The van der Waals surface area contributed by atoms with Gasteiger partial charge in [-0.25, -0.2) is 4.79 Å². The molecular weight excluding hydrogens is 228 g/mol. The van der Waals surface area contributed by atoms with E-state index >= 15 is 0 Å². The Morgan fingerprint density at radius 3 is 2.78 bits per heavy atom. The molecule has 1 aromatic rings. The molecule has 1 aliphatic carbocycles. The fraction of sp³-hybridized carbons (Fsp3) is 0.667. The van der Waals surface area contributed by atoms with Gasteiger partial charge in [0, 0.05) is 18.4 Å². The van der Waals surface area contributed by atoms with E-state index in [9.17, 15) is 4.79 Å². The lowest BCUT2D eigenvalue weighted by Crippen LogP contribution is -2.11. The fourth-order valence-corrected chi connectivity index (χ4v) is 2.58. The highest BCUT2D eigenvalue weighted by atomic mass is 16.5. The van der Waals surface area contributed by atoms with Crippen molar-refractivity contribution in [1.82, 2.24) is 0 Å². The maximum absolute atomic E-state index is 12.1. The lowest BCUT2D eigenvalue weighted by Gasteiger charge is -2.10. The van der Waals surface area contributed by atoms with Gasteiger partial charge in [-0.05, 0) is 32.6 Å². The Kier molecular flexibility index (Phi) is 4.45. The predicted octanol–water partition coefficient (Wildman–Crippen LogP) is 3.68. The number of unbranched alkanes of at least 4 members (excludes halogenated alkanes) is 1. The van der Waals surface area contributed by atoms with Gasteiger partial charge in [0.2, 0.25) is 0 Å². The number of carbonyl (C=O) groups excluding carboxylic acids is 1. The first kappa shape index (κ1) is 13.2. The molecule has 3 nitrogen and oxygen atoms in total. The molecule has 0 aliphatic heterocycles. The molecule has 2 rings (SSSR count). The second kappa shape index (κ2) is 6.07. The van der Waals surface area contributed by atoms with Crippen molar-refractivity contribution in [3.8, 4) is 0 Å². The van der Waals surface area contributed by atoms with Gasteiger partial charge in [0.05, 0.1) is 6.61 Å². The second-order valence-electron chi connectivity index (χ2n) is 4.83. The average Bonchev–Trinajstić information content (AvgIpc) is 2.74. The van der Waals surface area contributed by atoms with Crippen molar-refractivity contribution in [3.05, 3.63) is 22.6 Å². The number of esters is 1. The van der Waals surface area contributed by atoms with Crippen molar-refractivity contribution in [2.75, 3.05) is 6.61 Å². The lowest BCUT2D eigenvalue weighted by molar-refractivity contribution is 0.0522. The highest BCUT2D eigenvalue weighted by molar-refractivity contribution is 5.92. The minimum absolute atomic E-state index is 0.199. The van der Waals surface area contributed by atoms with Crippen molar-refractivity contribution >= 4 is 5.97 Å². The quantitative estimate of drug-likeness (QED) is 0.748. The smallest absolute Gasteiger partial charge is 0.341 e. The summed E-state index contributed by atoms with van der Waals surface area (Å²) in [5.74, 6) is 1.67. The molecule has 0 amide bonds. The van der Waals surface area contributed by atoms with E-state index in [1.54, 1.807) is 0 Å². The number of aryl methyl sites for hydroxylation is 2. The number of ether oxygens (including phenoxy) is 1. The fourth-order valence-electron chi connectivity index (χ4n) is 2.58. The highest BCUT2D eigenvalue weighted by Gasteiger charge is 2.27. The maximum Gasteiger partial charge on any atom is 0.341 e. The van der Waals surface area contributed by atoms with Gasteiger partial charge in [0.15, 0.2) is 0 Å². The minimum atomic E-state index is -0.199. The number of furan rings is 1. The number of fused-ring (bicyclic) bond motifs is 1. The van der Waals surface area contributed by atoms with Crippen molar-refractivity contribution in [2.24, 2.45) is 0 Å². The van der Waals surface area contributed by atoms with Crippen LogP contribution in [0.15, 0.2) is 4.42 Å². The average molecular weight is 250 g/mol. The van der Waals surface area contributed by atoms with Crippen LogP contribution in [0, 0.1) is 0 Å². The van der Waals surface area contributed by atoms with Crippen molar-refractivity contribution < 1.29 is 13.9 Å². The van der Waals surface area contributed by atoms with Crippen LogP contribution in [-0.2, 0) is 24.0 Å². The maximum atomic E-state index is 12.1. The van der Waals surface area contributed by atoms with Crippen molar-refractivity contribution in [3.63, 3.8) is 0 Å². The zero-order valence-corrected chi connectivity index (χ0v) is 11.4. The van der Waals surface area contributed by atoms with E-state index in [2.05, 4.69) is 6.92 Å². The number of carbonyl (C=O) groups is 1. The Bertz CT molecular complexity index is 418. The normalized spacial score (nSPS) is 14.3. The molecule has 0 N–H and O–H groups in total. The number of hydrogen-bond donors (Lipinski definition) is 0. The van der Waals surface area contributed by atoms with Gasteiger partial charge < -0.3 is 9.15 Å². The van der Waals surface area contributed by atoms with E-state index in [0.29, 0.717) is 6.61 Å². The van der Waals surface area contributed by atoms with Gasteiger partial charge in [0.25, 0.3) is 0 Å². The summed E-state index contributed by atoms with van der Waals surface area (Å²) in [6, 6.07) is 0. The van der Waals surface area contributed by atoms with E-state index in [0.717, 1.165) is 67.6 Å². The molecule has 1 aromatic heterocycles. The zero-order chi connectivity index (χ0) is 13.0. The first-order valence-corrected chi connectivity index (χ1v) is 7.08. The topological polar surface area (TPSA) is 39.4 Å². The Morgan fingerprint density at radius 1 is 1.28 bits per heavy atom. The molecule has 0 fully saturated rings. The molecule has 0 saturated carbocycles. The van der Waals surface area contributed by atoms with E-state index in [1.807, 2.05) is 6.92 Å². The van der Waals surface area contributed by atoms with Crippen LogP contribution in [0.5, 0.6) is 0 Å². The summed E-state index contributed by atoms with van der Waals surface area (Å²) >= 11 is 0. The third kappa shape index (κ3) is 2.60. The van der Waals surface area contributed by atoms with Gasteiger partial charge >= 0.3 is 5.97 Å². The molecule has 18 heavy (non-hydrogen) atoms. The van der Waals surface area contributed by atoms with Crippen LogP contribution in [-0.4, -0.2) is 12.6 Å². The molecule has 0 radical (unpaired) electrons. The molecule has 0 atom stereocenters. The monoisotopic (exact) mass is 250 g/mol. The summed E-state index contributed by atoms with van der Waals surface area (Å²) in [6.45, 7) is 4.41. The Balaban J connectivity index is 2.32. The van der Waals surface area contributed by atoms with Crippen LogP contribution in [0.1, 0.15) is 67.0 Å². The predicted molar refractivity (Wildman–Crippen MR) is 69.9 cm³/mol. The van der Waals surface area contributed by atoms with Gasteiger partial charge in [0.1, 0.15) is 17.1 Å². The molecule has 0 saturated heterocycles. The van der Waals surface area contributed by atoms with Crippen LogP contribution in [0.4, 0.5) is 0 Å². The SMILES string of the molecule is CCCCc1oc2c(c1C(=O)OCC)CCCC2. The molecule has 100 valence electrons. The molecule has 0 bridgehead atoms. The second-order valence-corrected chi connectivity index (χ2v) is 4.83. The number of rotatable bonds is 5. The lowest BCUT2D eigenvalue weighted by atomic mass is 9.94. The van der Waals surface area contributed by atoms with Crippen LogP contribution in [0.25, 0.3) is 0 Å². The molecule has 0 aromatic carbocycles. The summed E-state index contributed by atoms with van der Waals surface area (Å²) in [7, 11) is 0. The van der Waals surface area contributed by atoms with Gasteiger partial charge in [-0.2, -0.15) is 0 Å². The summed E-state index contributed by atoms with van der Waals surface area (Å²) < 4.78 is 11.1. The summed E-state index contributed by atoms with van der Waals surface area (Å²) in [5.41, 5.74) is 1.85. The van der Waals surface area contributed by atoms with Crippen molar-refractivity contribution in [1.29, 1.82) is 0 Å². The van der Waals surface area contributed by atoms with Crippen LogP contribution < -0.4 is 0 Å². The minimum Gasteiger partial charge on any atom is -0.465 e. The molecule has 1 aliphatic rings. The molecule has 3 heteroatoms. The zero-order valence-electron chi connectivity index (χ0n) is 11.4. The van der Waals surface area contributed by atoms with Crippen LogP contribution in [0.3, 0.4) is 0 Å². The largest absolute Gasteiger partial charge is 0.465 e. The molecule has 0 spiro atoms. The first-order valence-electron chi connectivity index (χ1n) is 7.08. The van der Waals surface area contributed by atoms with E-state index in [4.69, 9.17) is 9.15 Å². The first-order chi connectivity index (χ1) is 8.77.